The van der Waals surface area contributed by atoms with Gasteiger partial charge in [0.25, 0.3) is 0 Å². The number of hydrogen-bond acceptors (Lipinski definition) is 3. The summed E-state index contributed by atoms with van der Waals surface area (Å²) in [6, 6.07) is 0. The summed E-state index contributed by atoms with van der Waals surface area (Å²) in [5.41, 5.74) is 1.73. The van der Waals surface area contributed by atoms with Crippen LogP contribution in [-0.2, 0) is 9.59 Å². The van der Waals surface area contributed by atoms with Gasteiger partial charge in [-0.15, -0.1) is 0 Å². The zero-order chi connectivity index (χ0) is 17.1. The number of carbonyl (C=O) groups is 2. The maximum Gasteiger partial charge on any atom is 0.155 e. The van der Waals surface area contributed by atoms with Crippen molar-refractivity contribution in [1.29, 1.82) is 0 Å². The molecule has 0 bridgehead atoms. The molecule has 0 aromatic heterocycles. The van der Waals surface area contributed by atoms with Gasteiger partial charge >= 0.3 is 0 Å². The summed E-state index contributed by atoms with van der Waals surface area (Å²) in [5, 5.41) is 10.2. The van der Waals surface area contributed by atoms with E-state index in [1.807, 2.05) is 6.08 Å². The van der Waals surface area contributed by atoms with Crippen molar-refractivity contribution in [2.75, 3.05) is 0 Å². The second-order valence-corrected chi connectivity index (χ2v) is 9.32. The van der Waals surface area contributed by atoms with Gasteiger partial charge in [0.15, 0.2) is 5.78 Å². The average molecular weight is 330 g/mol. The summed E-state index contributed by atoms with van der Waals surface area (Å²) in [5.74, 6) is 2.46. The molecule has 0 saturated heterocycles. The lowest BCUT2D eigenvalue weighted by atomic mass is 9.46. The van der Waals surface area contributed by atoms with E-state index in [1.165, 1.54) is 18.4 Å². The number of rotatable bonds is 2. The highest BCUT2D eigenvalue weighted by atomic mass is 16.3. The first-order valence-electron chi connectivity index (χ1n) is 9.77. The first-order valence-corrected chi connectivity index (χ1v) is 9.77. The fourth-order valence-electron chi connectivity index (χ4n) is 7.26. The van der Waals surface area contributed by atoms with Crippen molar-refractivity contribution in [1.82, 2.24) is 0 Å². The molecule has 0 heterocycles. The standard InChI is InChI=1S/C21H30O3/c1-20-9-7-14(23)11-13(20)3-4-15-16-5-6-18(19(24)12-22)21(16,2)10-8-17(15)20/h11-12,15-19,24H,3-10H2,1-2H3. The predicted molar refractivity (Wildman–Crippen MR) is 92.3 cm³/mol. The second kappa shape index (κ2) is 5.52. The zero-order valence-electron chi connectivity index (χ0n) is 15.0. The van der Waals surface area contributed by atoms with Crippen LogP contribution in [-0.4, -0.2) is 23.3 Å². The van der Waals surface area contributed by atoms with Crippen LogP contribution in [0.25, 0.3) is 0 Å². The van der Waals surface area contributed by atoms with Gasteiger partial charge < -0.3 is 9.90 Å². The van der Waals surface area contributed by atoms with Crippen LogP contribution in [0.4, 0.5) is 0 Å². The summed E-state index contributed by atoms with van der Waals surface area (Å²) >= 11 is 0. The van der Waals surface area contributed by atoms with Crippen molar-refractivity contribution in [2.45, 2.75) is 71.3 Å². The van der Waals surface area contributed by atoms with Gasteiger partial charge in [-0.05, 0) is 85.5 Å². The third-order valence-electron chi connectivity index (χ3n) is 8.59. The predicted octanol–water partition coefficient (Wildman–Crippen LogP) is 3.69. The minimum absolute atomic E-state index is 0.115. The molecule has 0 aromatic carbocycles. The molecular weight excluding hydrogens is 300 g/mol. The topological polar surface area (TPSA) is 54.4 Å². The van der Waals surface area contributed by atoms with Gasteiger partial charge in [-0.1, -0.05) is 19.4 Å². The maximum absolute atomic E-state index is 11.9. The number of ketones is 1. The molecule has 7 atom stereocenters. The third kappa shape index (κ3) is 2.13. The maximum atomic E-state index is 11.9. The van der Waals surface area contributed by atoms with E-state index in [1.54, 1.807) is 0 Å². The minimum atomic E-state index is -0.793. The molecule has 4 aliphatic rings. The molecule has 1 N–H and O–H groups in total. The molecular formula is C21H30O3. The van der Waals surface area contributed by atoms with Crippen LogP contribution in [0.1, 0.15) is 65.2 Å². The van der Waals surface area contributed by atoms with Crippen LogP contribution in [0.15, 0.2) is 11.6 Å². The number of aliphatic hydroxyl groups is 1. The highest BCUT2D eigenvalue weighted by molar-refractivity contribution is 5.91. The summed E-state index contributed by atoms with van der Waals surface area (Å²) in [4.78, 5) is 23.0. The molecule has 0 amide bonds. The molecule has 0 radical (unpaired) electrons. The molecule has 3 nitrogen and oxygen atoms in total. The molecule has 132 valence electrons. The van der Waals surface area contributed by atoms with E-state index in [2.05, 4.69) is 13.8 Å². The fourth-order valence-corrected chi connectivity index (χ4v) is 7.26. The summed E-state index contributed by atoms with van der Waals surface area (Å²) in [6.45, 7) is 4.73. The molecule has 24 heavy (non-hydrogen) atoms. The van der Waals surface area contributed by atoms with Crippen molar-refractivity contribution in [3.05, 3.63) is 11.6 Å². The molecule has 3 fully saturated rings. The Morgan fingerprint density at radius 2 is 1.92 bits per heavy atom. The SMILES string of the molecule is CC12CCC(=O)C=C1CCC1C2CCC2(C)C(C(O)C=O)CCC12. The molecule has 7 unspecified atom stereocenters. The van der Waals surface area contributed by atoms with Gasteiger partial charge in [0.2, 0.25) is 0 Å². The monoisotopic (exact) mass is 330 g/mol. The Hall–Kier alpha value is -0.960. The molecule has 4 aliphatic carbocycles. The number of allylic oxidation sites excluding steroid dienone is 1. The smallest absolute Gasteiger partial charge is 0.155 e. The van der Waals surface area contributed by atoms with E-state index in [9.17, 15) is 14.7 Å². The summed E-state index contributed by atoms with van der Waals surface area (Å²) in [7, 11) is 0. The fraction of sp³-hybridized carbons (Fsp3) is 0.810. The van der Waals surface area contributed by atoms with Crippen molar-refractivity contribution >= 4 is 12.1 Å². The molecule has 4 rings (SSSR count). The van der Waals surface area contributed by atoms with Gasteiger partial charge in [-0.3, -0.25) is 4.79 Å². The van der Waals surface area contributed by atoms with Crippen LogP contribution in [0.2, 0.25) is 0 Å². The molecule has 0 aliphatic heterocycles. The normalized spacial score (nSPS) is 48.8. The quantitative estimate of drug-likeness (QED) is 0.786. The highest BCUT2D eigenvalue weighted by Gasteiger charge is 2.59. The Morgan fingerprint density at radius 1 is 1.12 bits per heavy atom. The largest absolute Gasteiger partial charge is 0.385 e. The zero-order valence-corrected chi connectivity index (χ0v) is 15.0. The van der Waals surface area contributed by atoms with Crippen LogP contribution in [0, 0.1) is 34.5 Å². The number of fused-ring (bicyclic) bond motifs is 5. The van der Waals surface area contributed by atoms with Gasteiger partial charge in [-0.25, -0.2) is 0 Å². The van der Waals surface area contributed by atoms with E-state index in [-0.39, 0.29) is 16.7 Å². The number of carbonyl (C=O) groups excluding carboxylic acids is 2. The average Bonchev–Trinajstić information content (AvgIpc) is 2.92. The summed E-state index contributed by atoms with van der Waals surface area (Å²) in [6.07, 6.45) is 10.3. The lowest BCUT2D eigenvalue weighted by Crippen LogP contribution is -2.51. The van der Waals surface area contributed by atoms with E-state index < -0.39 is 6.10 Å². The van der Waals surface area contributed by atoms with Crippen molar-refractivity contribution in [3.8, 4) is 0 Å². The van der Waals surface area contributed by atoms with Gasteiger partial charge in [0, 0.05) is 6.42 Å². The number of aliphatic hydroxyl groups excluding tert-OH is 1. The first-order chi connectivity index (χ1) is 11.4. The molecule has 3 saturated carbocycles. The molecule has 0 spiro atoms. The summed E-state index contributed by atoms with van der Waals surface area (Å²) < 4.78 is 0. The van der Waals surface area contributed by atoms with E-state index in [0.717, 1.165) is 38.4 Å². The first kappa shape index (κ1) is 16.5. The van der Waals surface area contributed by atoms with Gasteiger partial charge in [-0.2, -0.15) is 0 Å². The van der Waals surface area contributed by atoms with Crippen molar-refractivity contribution in [3.63, 3.8) is 0 Å². The van der Waals surface area contributed by atoms with Gasteiger partial charge in [0.1, 0.15) is 12.4 Å². The van der Waals surface area contributed by atoms with Crippen molar-refractivity contribution < 1.29 is 14.7 Å². The van der Waals surface area contributed by atoms with Crippen LogP contribution in [0.3, 0.4) is 0 Å². The Kier molecular flexibility index (Phi) is 3.80. The minimum Gasteiger partial charge on any atom is -0.385 e. The Labute approximate surface area is 144 Å². The number of aldehydes is 1. The Morgan fingerprint density at radius 3 is 2.67 bits per heavy atom. The van der Waals surface area contributed by atoms with Crippen LogP contribution < -0.4 is 0 Å². The van der Waals surface area contributed by atoms with Crippen molar-refractivity contribution in [2.24, 2.45) is 34.5 Å². The second-order valence-electron chi connectivity index (χ2n) is 9.32. The van der Waals surface area contributed by atoms with Gasteiger partial charge in [0.05, 0.1) is 0 Å². The Balaban J connectivity index is 1.65. The number of hydrogen-bond donors (Lipinski definition) is 1. The highest BCUT2D eigenvalue weighted by Crippen LogP contribution is 2.66. The lowest BCUT2D eigenvalue weighted by molar-refractivity contribution is -0.123. The van der Waals surface area contributed by atoms with E-state index in [0.29, 0.717) is 30.0 Å². The van der Waals surface area contributed by atoms with E-state index in [4.69, 9.17) is 0 Å². The van der Waals surface area contributed by atoms with Crippen LogP contribution in [0.5, 0.6) is 0 Å². The Bertz CT molecular complexity index is 594. The lowest BCUT2D eigenvalue weighted by Gasteiger charge is -2.58. The van der Waals surface area contributed by atoms with Crippen LogP contribution >= 0.6 is 0 Å². The molecule has 3 heteroatoms. The van der Waals surface area contributed by atoms with E-state index >= 15 is 0 Å². The third-order valence-corrected chi connectivity index (χ3v) is 8.59. The molecule has 0 aromatic rings.